The fourth-order valence-corrected chi connectivity index (χ4v) is 1.56. The molecule has 5 heteroatoms. The lowest BCUT2D eigenvalue weighted by Gasteiger charge is -2.19. The summed E-state index contributed by atoms with van der Waals surface area (Å²) in [6.07, 6.45) is 2.95. The minimum atomic E-state index is -0.317. The molecule has 0 aromatic rings. The number of ether oxygens (including phenoxy) is 3. The van der Waals surface area contributed by atoms with E-state index in [1.165, 1.54) is 6.08 Å². The Bertz CT molecular complexity index is 260. The number of nitrogens with one attached hydrogen (secondary N) is 1. The van der Waals surface area contributed by atoms with E-state index in [4.69, 9.17) is 14.2 Å². The molecule has 0 atom stereocenters. The topological polar surface area (TPSA) is 56.8 Å². The zero-order chi connectivity index (χ0) is 14.5. The van der Waals surface area contributed by atoms with Crippen molar-refractivity contribution in [3.63, 3.8) is 0 Å². The van der Waals surface area contributed by atoms with Gasteiger partial charge in [0.2, 0.25) is 0 Å². The SMILES string of the molecule is CCC/C(=C\C(=O)OCC)NCC(OCC)OCC. The standard InChI is InChI=1S/C14H27NO4/c1-5-9-12(10-13(16)17-6-2)15-11-14(18-7-3)19-8-4/h10,14-15H,5-9,11H2,1-4H3/b12-10+. The molecule has 0 saturated carbocycles. The van der Waals surface area contributed by atoms with Gasteiger partial charge in [-0.2, -0.15) is 0 Å². The first-order chi connectivity index (χ1) is 9.17. The van der Waals surface area contributed by atoms with Crippen molar-refractivity contribution in [2.75, 3.05) is 26.4 Å². The van der Waals surface area contributed by atoms with Crippen LogP contribution in [0.15, 0.2) is 11.8 Å². The van der Waals surface area contributed by atoms with E-state index in [0.717, 1.165) is 18.5 Å². The van der Waals surface area contributed by atoms with Crippen LogP contribution in [0.5, 0.6) is 0 Å². The first-order valence-electron chi connectivity index (χ1n) is 7.02. The molecule has 0 aliphatic heterocycles. The van der Waals surface area contributed by atoms with E-state index in [-0.39, 0.29) is 12.3 Å². The molecule has 1 N–H and O–H groups in total. The lowest BCUT2D eigenvalue weighted by atomic mass is 10.2. The molecule has 5 nitrogen and oxygen atoms in total. The van der Waals surface area contributed by atoms with Gasteiger partial charge in [-0.1, -0.05) is 13.3 Å². The van der Waals surface area contributed by atoms with Gasteiger partial charge in [-0.15, -0.1) is 0 Å². The molecule has 0 amide bonds. The third-order valence-electron chi connectivity index (χ3n) is 2.30. The molecule has 19 heavy (non-hydrogen) atoms. The summed E-state index contributed by atoms with van der Waals surface area (Å²) >= 11 is 0. The monoisotopic (exact) mass is 273 g/mol. The van der Waals surface area contributed by atoms with Gasteiger partial charge in [0.1, 0.15) is 0 Å². The molecule has 0 aliphatic rings. The molecular formula is C14H27NO4. The predicted molar refractivity (Wildman–Crippen MR) is 74.7 cm³/mol. The number of carbonyl (C=O) groups excluding carboxylic acids is 1. The maximum Gasteiger partial charge on any atom is 0.332 e. The van der Waals surface area contributed by atoms with Crippen molar-refractivity contribution in [3.05, 3.63) is 11.8 Å². The van der Waals surface area contributed by atoms with Crippen LogP contribution in [0, 0.1) is 0 Å². The van der Waals surface area contributed by atoms with E-state index >= 15 is 0 Å². The predicted octanol–water partition coefficient (Wildman–Crippen LogP) is 2.22. The summed E-state index contributed by atoms with van der Waals surface area (Å²) in [5, 5.41) is 3.19. The van der Waals surface area contributed by atoms with Gasteiger partial charge in [-0.3, -0.25) is 0 Å². The van der Waals surface area contributed by atoms with Crippen LogP contribution >= 0.6 is 0 Å². The van der Waals surface area contributed by atoms with E-state index < -0.39 is 0 Å². The zero-order valence-electron chi connectivity index (χ0n) is 12.5. The molecule has 0 rings (SSSR count). The minimum Gasteiger partial charge on any atom is -0.463 e. The Kier molecular flexibility index (Phi) is 11.3. The van der Waals surface area contributed by atoms with Crippen molar-refractivity contribution < 1.29 is 19.0 Å². The summed E-state index contributed by atoms with van der Waals surface area (Å²) < 4.78 is 15.8. The quantitative estimate of drug-likeness (QED) is 0.355. The van der Waals surface area contributed by atoms with Gasteiger partial charge in [0.25, 0.3) is 0 Å². The Hall–Kier alpha value is -1.07. The Balaban J connectivity index is 4.35. The molecule has 0 aromatic heterocycles. The van der Waals surface area contributed by atoms with E-state index in [1.54, 1.807) is 6.92 Å². The molecule has 0 heterocycles. The third kappa shape index (κ3) is 9.50. The lowest BCUT2D eigenvalue weighted by Crippen LogP contribution is -2.31. The summed E-state index contributed by atoms with van der Waals surface area (Å²) in [5.41, 5.74) is 0.852. The van der Waals surface area contributed by atoms with Crippen LogP contribution in [-0.2, 0) is 19.0 Å². The second-order valence-corrected chi connectivity index (χ2v) is 3.89. The van der Waals surface area contributed by atoms with Crippen LogP contribution in [0.2, 0.25) is 0 Å². The van der Waals surface area contributed by atoms with Crippen molar-refractivity contribution in [2.45, 2.75) is 46.8 Å². The fourth-order valence-electron chi connectivity index (χ4n) is 1.56. The second kappa shape index (κ2) is 12.0. The van der Waals surface area contributed by atoms with Crippen molar-refractivity contribution in [1.82, 2.24) is 5.32 Å². The van der Waals surface area contributed by atoms with Gasteiger partial charge < -0.3 is 19.5 Å². The first-order valence-corrected chi connectivity index (χ1v) is 7.02. The lowest BCUT2D eigenvalue weighted by molar-refractivity contribution is -0.137. The Morgan fingerprint density at radius 2 is 1.74 bits per heavy atom. The van der Waals surface area contributed by atoms with Crippen LogP contribution in [0.25, 0.3) is 0 Å². The molecule has 0 fully saturated rings. The number of carbonyl (C=O) groups is 1. The van der Waals surface area contributed by atoms with Crippen LogP contribution in [0.1, 0.15) is 40.5 Å². The molecule has 0 bridgehead atoms. The van der Waals surface area contributed by atoms with E-state index in [2.05, 4.69) is 12.2 Å². The summed E-state index contributed by atoms with van der Waals surface area (Å²) in [7, 11) is 0. The molecule has 0 spiro atoms. The van der Waals surface area contributed by atoms with Gasteiger partial charge >= 0.3 is 5.97 Å². The Morgan fingerprint density at radius 1 is 1.11 bits per heavy atom. The largest absolute Gasteiger partial charge is 0.463 e. The highest BCUT2D eigenvalue weighted by atomic mass is 16.7. The summed E-state index contributed by atoms with van der Waals surface area (Å²) in [4.78, 5) is 11.4. The summed E-state index contributed by atoms with van der Waals surface area (Å²) in [6.45, 7) is 9.79. The zero-order valence-corrected chi connectivity index (χ0v) is 12.5. The molecule has 0 unspecified atom stereocenters. The summed E-state index contributed by atoms with van der Waals surface area (Å²) in [6, 6.07) is 0. The number of hydrogen-bond acceptors (Lipinski definition) is 5. The van der Waals surface area contributed by atoms with Crippen LogP contribution in [0.3, 0.4) is 0 Å². The molecule has 112 valence electrons. The van der Waals surface area contributed by atoms with Gasteiger partial charge in [-0.25, -0.2) is 4.79 Å². The van der Waals surface area contributed by atoms with Crippen molar-refractivity contribution in [3.8, 4) is 0 Å². The number of esters is 1. The maximum atomic E-state index is 11.4. The smallest absolute Gasteiger partial charge is 0.332 e. The van der Waals surface area contributed by atoms with Crippen LogP contribution < -0.4 is 5.32 Å². The van der Waals surface area contributed by atoms with E-state index in [9.17, 15) is 4.79 Å². The van der Waals surface area contributed by atoms with Gasteiger partial charge in [0.15, 0.2) is 6.29 Å². The summed E-state index contributed by atoms with van der Waals surface area (Å²) in [5.74, 6) is -0.317. The average Bonchev–Trinajstić information content (AvgIpc) is 2.36. The van der Waals surface area contributed by atoms with Crippen LogP contribution in [0.4, 0.5) is 0 Å². The fraction of sp³-hybridized carbons (Fsp3) is 0.786. The molecule has 0 saturated heterocycles. The average molecular weight is 273 g/mol. The van der Waals surface area contributed by atoms with Crippen LogP contribution in [-0.4, -0.2) is 38.6 Å². The molecule has 0 radical (unpaired) electrons. The molecular weight excluding hydrogens is 246 g/mol. The Morgan fingerprint density at radius 3 is 2.21 bits per heavy atom. The highest BCUT2D eigenvalue weighted by molar-refractivity contribution is 5.82. The highest BCUT2D eigenvalue weighted by Crippen LogP contribution is 2.03. The number of rotatable bonds is 11. The normalized spacial score (nSPS) is 11.7. The number of allylic oxidation sites excluding steroid dienone is 1. The van der Waals surface area contributed by atoms with Gasteiger partial charge in [-0.05, 0) is 27.2 Å². The van der Waals surface area contributed by atoms with Crippen molar-refractivity contribution in [1.29, 1.82) is 0 Å². The second-order valence-electron chi connectivity index (χ2n) is 3.89. The van der Waals surface area contributed by atoms with Gasteiger partial charge in [0, 0.05) is 25.0 Å². The molecule has 0 aromatic carbocycles. The van der Waals surface area contributed by atoms with Crippen molar-refractivity contribution >= 4 is 5.97 Å². The maximum absolute atomic E-state index is 11.4. The highest BCUT2D eigenvalue weighted by Gasteiger charge is 2.09. The third-order valence-corrected chi connectivity index (χ3v) is 2.30. The van der Waals surface area contributed by atoms with E-state index in [1.807, 2.05) is 13.8 Å². The van der Waals surface area contributed by atoms with Crippen molar-refractivity contribution in [2.24, 2.45) is 0 Å². The minimum absolute atomic E-state index is 0.294. The first kappa shape index (κ1) is 17.9. The van der Waals surface area contributed by atoms with Gasteiger partial charge in [0.05, 0.1) is 13.2 Å². The Labute approximate surface area is 116 Å². The number of hydrogen-bond donors (Lipinski definition) is 1. The molecule has 0 aliphatic carbocycles. The van der Waals surface area contributed by atoms with E-state index in [0.29, 0.717) is 26.4 Å².